The van der Waals surface area contributed by atoms with Crippen LogP contribution < -0.4 is 4.72 Å². The van der Waals surface area contributed by atoms with E-state index in [1.165, 1.54) is 12.1 Å². The molecule has 0 aliphatic heterocycles. The molecule has 0 saturated carbocycles. The third kappa shape index (κ3) is 5.67. The molecule has 9 heteroatoms. The lowest BCUT2D eigenvalue weighted by Gasteiger charge is -2.27. The van der Waals surface area contributed by atoms with Crippen LogP contribution in [0.4, 0.5) is 0 Å². The summed E-state index contributed by atoms with van der Waals surface area (Å²) in [6, 6.07) is 2.89. The SMILES string of the molecule is CN(C)CC(C)(O)CNS(=O)(=O)c1c(Cl)cc(Br)cc1Cl. The summed E-state index contributed by atoms with van der Waals surface area (Å²) in [6.07, 6.45) is 0. The zero-order chi connectivity index (χ0) is 16.4. The van der Waals surface area contributed by atoms with Crippen LogP contribution >= 0.6 is 39.1 Å². The van der Waals surface area contributed by atoms with Crippen molar-refractivity contribution < 1.29 is 13.5 Å². The van der Waals surface area contributed by atoms with Gasteiger partial charge >= 0.3 is 0 Å². The molecular weight excluding hydrogens is 403 g/mol. The van der Waals surface area contributed by atoms with E-state index in [4.69, 9.17) is 23.2 Å². The summed E-state index contributed by atoms with van der Waals surface area (Å²) in [5.41, 5.74) is -1.22. The highest BCUT2D eigenvalue weighted by molar-refractivity contribution is 9.10. The Morgan fingerprint density at radius 2 is 1.81 bits per heavy atom. The van der Waals surface area contributed by atoms with Crippen molar-refractivity contribution in [1.82, 2.24) is 9.62 Å². The number of rotatable bonds is 6. The van der Waals surface area contributed by atoms with Gasteiger partial charge in [0.25, 0.3) is 0 Å². The third-order valence-electron chi connectivity index (χ3n) is 2.53. The number of hydrogen-bond acceptors (Lipinski definition) is 4. The molecule has 1 aromatic carbocycles. The lowest BCUT2D eigenvalue weighted by atomic mass is 10.1. The van der Waals surface area contributed by atoms with E-state index in [9.17, 15) is 13.5 Å². The van der Waals surface area contributed by atoms with E-state index >= 15 is 0 Å². The minimum Gasteiger partial charge on any atom is -0.387 e. The quantitative estimate of drug-likeness (QED) is 0.742. The Balaban J connectivity index is 2.98. The molecule has 120 valence electrons. The van der Waals surface area contributed by atoms with Gasteiger partial charge in [-0.05, 0) is 33.2 Å². The first-order valence-corrected chi connectivity index (χ1v) is 8.99. The molecule has 1 aromatic rings. The van der Waals surface area contributed by atoms with Crippen LogP contribution in [-0.4, -0.2) is 51.2 Å². The summed E-state index contributed by atoms with van der Waals surface area (Å²) >= 11 is 15.1. The van der Waals surface area contributed by atoms with Crippen molar-refractivity contribution in [3.8, 4) is 0 Å². The molecule has 2 N–H and O–H groups in total. The van der Waals surface area contributed by atoms with Crippen LogP contribution in [0.5, 0.6) is 0 Å². The smallest absolute Gasteiger partial charge is 0.243 e. The molecular formula is C12H17BrCl2N2O3S. The highest BCUT2D eigenvalue weighted by Gasteiger charge is 2.27. The molecule has 1 unspecified atom stereocenters. The average molecular weight is 420 g/mol. The van der Waals surface area contributed by atoms with Crippen molar-refractivity contribution in [2.45, 2.75) is 17.4 Å². The second-order valence-electron chi connectivity index (χ2n) is 5.26. The lowest BCUT2D eigenvalue weighted by molar-refractivity contribution is 0.0386. The number of nitrogens with zero attached hydrogens (tertiary/aromatic N) is 1. The minimum atomic E-state index is -3.92. The lowest BCUT2D eigenvalue weighted by Crippen LogP contribution is -2.47. The molecule has 0 aliphatic rings. The number of sulfonamides is 1. The number of aliphatic hydroxyl groups is 1. The molecule has 0 bridgehead atoms. The van der Waals surface area contributed by atoms with Crippen LogP contribution in [0.15, 0.2) is 21.5 Å². The van der Waals surface area contributed by atoms with Crippen molar-refractivity contribution in [2.24, 2.45) is 0 Å². The first-order chi connectivity index (χ1) is 9.44. The van der Waals surface area contributed by atoms with Crippen molar-refractivity contribution in [1.29, 1.82) is 0 Å². The van der Waals surface area contributed by atoms with Gasteiger partial charge in [0.05, 0.1) is 15.6 Å². The van der Waals surface area contributed by atoms with Crippen LogP contribution in [0.2, 0.25) is 10.0 Å². The first kappa shape index (κ1) is 19.2. The van der Waals surface area contributed by atoms with Gasteiger partial charge in [-0.2, -0.15) is 0 Å². The summed E-state index contributed by atoms with van der Waals surface area (Å²) in [4.78, 5) is 1.56. The van der Waals surface area contributed by atoms with Crippen molar-refractivity contribution in [2.75, 3.05) is 27.2 Å². The molecule has 0 spiro atoms. The molecule has 1 rings (SSSR count). The van der Waals surface area contributed by atoms with Gasteiger partial charge in [-0.15, -0.1) is 0 Å². The molecule has 0 saturated heterocycles. The van der Waals surface area contributed by atoms with Gasteiger partial charge in [-0.1, -0.05) is 39.1 Å². The summed E-state index contributed by atoms with van der Waals surface area (Å²) in [5.74, 6) is 0. The summed E-state index contributed by atoms with van der Waals surface area (Å²) in [6.45, 7) is 1.69. The molecule has 5 nitrogen and oxygen atoms in total. The van der Waals surface area contributed by atoms with E-state index in [0.717, 1.165) is 0 Å². The van der Waals surface area contributed by atoms with Crippen molar-refractivity contribution >= 4 is 49.2 Å². The highest BCUT2D eigenvalue weighted by Crippen LogP contribution is 2.32. The maximum atomic E-state index is 12.3. The van der Waals surface area contributed by atoms with Gasteiger partial charge in [0, 0.05) is 17.6 Å². The van der Waals surface area contributed by atoms with Crippen molar-refractivity contribution in [3.05, 3.63) is 26.7 Å². The molecule has 1 atom stereocenters. The summed E-state index contributed by atoms with van der Waals surface area (Å²) in [5, 5.41) is 10.2. The Bertz CT molecular complexity index is 598. The van der Waals surface area contributed by atoms with Gasteiger partial charge in [0.1, 0.15) is 4.90 Å². The van der Waals surface area contributed by atoms with Crippen LogP contribution in [0.3, 0.4) is 0 Å². The Morgan fingerprint density at radius 3 is 2.24 bits per heavy atom. The molecule has 0 amide bonds. The number of hydrogen-bond donors (Lipinski definition) is 2. The average Bonchev–Trinajstić information content (AvgIpc) is 2.23. The topological polar surface area (TPSA) is 69.6 Å². The zero-order valence-corrected chi connectivity index (χ0v) is 15.7. The molecule has 0 radical (unpaired) electrons. The Labute approximate surface area is 143 Å². The van der Waals surface area contributed by atoms with E-state index in [1.54, 1.807) is 25.9 Å². The van der Waals surface area contributed by atoms with E-state index in [2.05, 4.69) is 20.7 Å². The normalized spacial score (nSPS) is 15.2. The van der Waals surface area contributed by atoms with Crippen LogP contribution in [0, 0.1) is 0 Å². The Morgan fingerprint density at radius 1 is 1.33 bits per heavy atom. The predicted molar refractivity (Wildman–Crippen MR) is 88.5 cm³/mol. The minimum absolute atomic E-state index is 0.00845. The van der Waals surface area contributed by atoms with Gasteiger partial charge in [-0.25, -0.2) is 13.1 Å². The van der Waals surface area contributed by atoms with Gasteiger partial charge < -0.3 is 10.0 Å². The summed E-state index contributed by atoms with van der Waals surface area (Å²) < 4.78 is 27.5. The number of benzene rings is 1. The summed E-state index contributed by atoms with van der Waals surface area (Å²) in [7, 11) is -0.354. The fourth-order valence-electron chi connectivity index (χ4n) is 1.85. The number of halogens is 3. The molecule has 0 heterocycles. The monoisotopic (exact) mass is 418 g/mol. The largest absolute Gasteiger partial charge is 0.387 e. The van der Waals surface area contributed by atoms with E-state index in [0.29, 0.717) is 11.0 Å². The predicted octanol–water partition coefficient (Wildman–Crippen LogP) is 2.35. The standard InChI is InChI=1S/C12H17BrCl2N2O3S/c1-12(18,7-17(2)3)6-16-21(19,20)11-9(14)4-8(13)5-10(11)15/h4-5,16,18H,6-7H2,1-3H3. The molecule has 21 heavy (non-hydrogen) atoms. The molecule has 0 fully saturated rings. The van der Waals surface area contributed by atoms with E-state index < -0.39 is 15.6 Å². The van der Waals surface area contributed by atoms with Gasteiger partial charge in [0.2, 0.25) is 10.0 Å². The highest BCUT2D eigenvalue weighted by atomic mass is 79.9. The van der Waals surface area contributed by atoms with Crippen LogP contribution in [0.25, 0.3) is 0 Å². The zero-order valence-electron chi connectivity index (χ0n) is 11.8. The fourth-order valence-corrected chi connectivity index (χ4v) is 4.94. The fraction of sp³-hybridized carbons (Fsp3) is 0.500. The van der Waals surface area contributed by atoms with Crippen LogP contribution in [-0.2, 0) is 10.0 Å². The number of nitrogens with one attached hydrogen (secondary N) is 1. The van der Waals surface area contributed by atoms with E-state index in [-0.39, 0.29) is 21.5 Å². The van der Waals surface area contributed by atoms with Crippen molar-refractivity contribution in [3.63, 3.8) is 0 Å². The molecule has 0 aromatic heterocycles. The van der Waals surface area contributed by atoms with Gasteiger partial charge in [-0.3, -0.25) is 0 Å². The van der Waals surface area contributed by atoms with E-state index in [1.807, 2.05) is 0 Å². The maximum absolute atomic E-state index is 12.3. The first-order valence-electron chi connectivity index (χ1n) is 5.96. The second-order valence-corrected chi connectivity index (χ2v) is 8.69. The number of likely N-dealkylation sites (N-methyl/N-ethyl adjacent to an activating group) is 1. The molecule has 0 aliphatic carbocycles. The maximum Gasteiger partial charge on any atom is 0.243 e. The Hall–Kier alpha value is 0.110. The van der Waals surface area contributed by atoms with Gasteiger partial charge in [0.15, 0.2) is 0 Å². The second kappa shape index (κ2) is 7.12. The Kier molecular flexibility index (Phi) is 6.50. The third-order valence-corrected chi connectivity index (χ3v) is 5.31. The van der Waals surface area contributed by atoms with Crippen LogP contribution in [0.1, 0.15) is 6.92 Å².